The summed E-state index contributed by atoms with van der Waals surface area (Å²) in [4.78, 5) is 46.3. The second-order valence-electron chi connectivity index (χ2n) is 9.87. The lowest BCUT2D eigenvalue weighted by Crippen LogP contribution is -2.52. The van der Waals surface area contributed by atoms with Crippen molar-refractivity contribution < 1.29 is 19.2 Å². The van der Waals surface area contributed by atoms with Crippen LogP contribution in [0.5, 0.6) is 0 Å². The molecule has 214 valence electrons. The Morgan fingerprint density at radius 3 is 2.77 bits per heavy atom. The molecule has 2 amide bonds. The molecule has 2 aliphatic rings. The first-order valence-corrected chi connectivity index (χ1v) is 13.4. The van der Waals surface area contributed by atoms with Gasteiger partial charge in [-0.05, 0) is 38.7 Å². The Morgan fingerprint density at radius 1 is 1.35 bits per heavy atom. The van der Waals surface area contributed by atoms with Gasteiger partial charge in [0.2, 0.25) is 11.9 Å². The van der Waals surface area contributed by atoms with Gasteiger partial charge in [0.05, 0.1) is 29.3 Å². The van der Waals surface area contributed by atoms with E-state index in [-0.39, 0.29) is 42.5 Å². The van der Waals surface area contributed by atoms with Gasteiger partial charge >= 0.3 is 6.09 Å². The highest BCUT2D eigenvalue weighted by Crippen LogP contribution is 2.33. The maximum atomic E-state index is 12.0. The summed E-state index contributed by atoms with van der Waals surface area (Å²) in [7, 11) is 0. The number of ether oxygens (including phenoxy) is 1. The number of carbonyl (C=O) groups excluding carboxylic acids is 2. The number of alkyl carbamates (subject to hydrolysis) is 1. The second kappa shape index (κ2) is 13.0. The van der Waals surface area contributed by atoms with Gasteiger partial charge in [-0.15, -0.1) is 0 Å². The van der Waals surface area contributed by atoms with Crippen LogP contribution in [0.2, 0.25) is 0 Å². The lowest BCUT2D eigenvalue weighted by atomic mass is 9.93. The number of carbonyl (C=O) groups is 2. The van der Waals surface area contributed by atoms with Gasteiger partial charge in [0.15, 0.2) is 0 Å². The molecular weight excluding hydrogens is 518 g/mol. The normalized spacial score (nSPS) is 17.6. The number of nitro groups is 1. The van der Waals surface area contributed by atoms with E-state index in [1.54, 1.807) is 19.3 Å². The maximum Gasteiger partial charge on any atom is 0.413 e. The summed E-state index contributed by atoms with van der Waals surface area (Å²) >= 11 is 0. The van der Waals surface area contributed by atoms with Gasteiger partial charge in [-0.1, -0.05) is 13.0 Å². The molecule has 0 radical (unpaired) electrons. The van der Waals surface area contributed by atoms with Crippen LogP contribution in [0.25, 0.3) is 0 Å². The number of piperidine rings is 1. The third-order valence-corrected chi connectivity index (χ3v) is 7.14. The summed E-state index contributed by atoms with van der Waals surface area (Å²) < 4.78 is 4.96. The lowest BCUT2D eigenvalue weighted by molar-refractivity contribution is -0.384. The summed E-state index contributed by atoms with van der Waals surface area (Å²) in [6.45, 7) is 5.40. The van der Waals surface area contributed by atoms with Crippen LogP contribution in [0.3, 0.4) is 0 Å². The van der Waals surface area contributed by atoms with Gasteiger partial charge in [-0.2, -0.15) is 5.10 Å². The molecule has 0 aliphatic carbocycles. The Hall–Kier alpha value is -4.49. The Morgan fingerprint density at radius 2 is 2.12 bits per heavy atom. The number of aromatic amines is 1. The number of amides is 2. The van der Waals surface area contributed by atoms with Crippen LogP contribution in [-0.4, -0.2) is 75.7 Å². The van der Waals surface area contributed by atoms with Crippen molar-refractivity contribution in [2.45, 2.75) is 52.0 Å². The number of benzene rings is 1. The number of aromatic nitrogens is 2. The zero-order chi connectivity index (χ0) is 28.6. The second-order valence-corrected chi connectivity index (χ2v) is 9.87. The zero-order valence-corrected chi connectivity index (χ0v) is 22.7. The van der Waals surface area contributed by atoms with E-state index < -0.39 is 11.0 Å². The molecule has 0 bridgehead atoms. The number of imidazole rings is 1. The Kier molecular flexibility index (Phi) is 9.30. The molecule has 4 N–H and O–H groups in total. The summed E-state index contributed by atoms with van der Waals surface area (Å²) in [6.07, 6.45) is 5.80. The van der Waals surface area contributed by atoms with Gasteiger partial charge in [0, 0.05) is 55.8 Å². The molecule has 1 aromatic heterocycles. The van der Waals surface area contributed by atoms with Crippen molar-refractivity contribution >= 4 is 35.0 Å². The van der Waals surface area contributed by atoms with E-state index in [4.69, 9.17) is 10.1 Å². The van der Waals surface area contributed by atoms with Crippen molar-refractivity contribution in [2.75, 3.05) is 31.1 Å². The third-order valence-electron chi connectivity index (χ3n) is 7.14. The fourth-order valence-corrected chi connectivity index (χ4v) is 5.19. The van der Waals surface area contributed by atoms with Gasteiger partial charge in [0.1, 0.15) is 5.69 Å². The Balaban J connectivity index is 1.45. The molecule has 1 atom stereocenters. The number of hydrogen-bond donors (Lipinski definition) is 4. The van der Waals surface area contributed by atoms with Crippen LogP contribution < -0.4 is 15.6 Å². The Bertz CT molecular complexity index is 1260. The standard InChI is InChI=1S/C26H35N9O5/c1-3-40-26(37)30-25(27)34(10-4-5-19-15-28-16-29-19)20-8-11-33(12-9-20)21-7-6-18(14-22(21)35(38)39)24-17(2)13-23(36)31-32-24/h6-7,14-17,20H,3-5,8-13H2,1-2H3,(H,28,29)(H,31,36)(H2,27,30,37). The van der Waals surface area contributed by atoms with Crippen LogP contribution in [0.4, 0.5) is 16.2 Å². The number of H-pyrrole nitrogens is 1. The molecule has 2 aliphatic heterocycles. The fourth-order valence-electron chi connectivity index (χ4n) is 5.19. The van der Waals surface area contributed by atoms with Crippen molar-refractivity contribution in [1.29, 1.82) is 5.41 Å². The van der Waals surface area contributed by atoms with Crippen LogP contribution in [0, 0.1) is 21.4 Å². The number of rotatable bonds is 9. The van der Waals surface area contributed by atoms with Gasteiger partial charge in [-0.25, -0.2) is 15.2 Å². The predicted octanol–water partition coefficient (Wildman–Crippen LogP) is 2.76. The first-order valence-electron chi connectivity index (χ1n) is 13.4. The quantitative estimate of drug-likeness (QED) is 0.158. The zero-order valence-electron chi connectivity index (χ0n) is 22.7. The maximum absolute atomic E-state index is 12.0. The van der Waals surface area contributed by atoms with E-state index in [1.165, 1.54) is 6.07 Å². The van der Waals surface area contributed by atoms with Gasteiger partial charge < -0.3 is 19.5 Å². The minimum atomic E-state index is -0.672. The summed E-state index contributed by atoms with van der Waals surface area (Å²) in [5.41, 5.74) is 5.11. The largest absolute Gasteiger partial charge is 0.450 e. The molecule has 40 heavy (non-hydrogen) atoms. The molecule has 14 nitrogen and oxygen atoms in total. The highest BCUT2D eigenvalue weighted by molar-refractivity contribution is 6.06. The third kappa shape index (κ3) is 6.93. The summed E-state index contributed by atoms with van der Waals surface area (Å²) in [6, 6.07) is 5.03. The molecule has 0 spiro atoms. The fraction of sp³-hybridized carbons (Fsp3) is 0.500. The van der Waals surface area contributed by atoms with Crippen molar-refractivity contribution in [1.82, 2.24) is 25.6 Å². The molecule has 1 unspecified atom stereocenters. The van der Waals surface area contributed by atoms with Crippen molar-refractivity contribution in [3.05, 3.63) is 52.1 Å². The monoisotopic (exact) mass is 553 g/mol. The van der Waals surface area contributed by atoms with E-state index in [2.05, 4.69) is 25.8 Å². The van der Waals surface area contributed by atoms with Crippen molar-refractivity contribution in [2.24, 2.45) is 11.0 Å². The molecule has 14 heteroatoms. The van der Waals surface area contributed by atoms with Crippen molar-refractivity contribution in [3.63, 3.8) is 0 Å². The SMILES string of the molecule is CCOC(=O)NC(=N)N(CCCc1c[nH]cn1)C1CCN(c2ccc(C3=NNC(=O)CC3C)cc2[N+](=O)[O-])CC1. The minimum absolute atomic E-state index is 0.0182. The number of nitrogens with zero attached hydrogens (tertiary/aromatic N) is 5. The van der Waals surface area contributed by atoms with Crippen LogP contribution >= 0.6 is 0 Å². The van der Waals surface area contributed by atoms with Crippen molar-refractivity contribution in [3.8, 4) is 0 Å². The summed E-state index contributed by atoms with van der Waals surface area (Å²) in [5.74, 6) is -0.345. The number of nitro benzene ring substituents is 1. The van der Waals surface area contributed by atoms with E-state index in [1.807, 2.05) is 29.0 Å². The average molecular weight is 554 g/mol. The predicted molar refractivity (Wildman–Crippen MR) is 148 cm³/mol. The molecule has 0 saturated carbocycles. The van der Waals surface area contributed by atoms with Gasteiger partial charge in [0.25, 0.3) is 5.69 Å². The van der Waals surface area contributed by atoms with Crippen LogP contribution in [0.15, 0.2) is 35.8 Å². The number of hydrazone groups is 1. The van der Waals surface area contributed by atoms with E-state index in [9.17, 15) is 19.7 Å². The first-order chi connectivity index (χ1) is 19.3. The molecule has 4 rings (SSSR count). The minimum Gasteiger partial charge on any atom is -0.450 e. The number of hydrogen-bond acceptors (Lipinski definition) is 9. The van der Waals surface area contributed by atoms with Crippen LogP contribution in [-0.2, 0) is 16.0 Å². The molecule has 2 aromatic rings. The summed E-state index contributed by atoms with van der Waals surface area (Å²) in [5, 5.41) is 27.2. The average Bonchev–Trinajstić information content (AvgIpc) is 3.45. The lowest BCUT2D eigenvalue weighted by Gasteiger charge is -2.40. The molecule has 1 saturated heterocycles. The number of nitrogens with one attached hydrogen (secondary N) is 4. The number of guanidine groups is 1. The van der Waals surface area contributed by atoms with E-state index >= 15 is 0 Å². The Labute approximate surface area is 231 Å². The molecule has 1 aromatic carbocycles. The topological polar surface area (TPSA) is 182 Å². The van der Waals surface area contributed by atoms with E-state index in [0.29, 0.717) is 49.4 Å². The highest BCUT2D eigenvalue weighted by Gasteiger charge is 2.31. The number of anilines is 1. The van der Waals surface area contributed by atoms with E-state index in [0.717, 1.165) is 18.5 Å². The first kappa shape index (κ1) is 28.5. The highest BCUT2D eigenvalue weighted by atomic mass is 16.6. The molecular formula is C26H35N9O5. The number of aryl methyl sites for hydroxylation is 1. The molecule has 3 heterocycles. The molecule has 1 fully saturated rings. The van der Waals surface area contributed by atoms with Crippen LogP contribution in [0.1, 0.15) is 50.8 Å². The van der Waals surface area contributed by atoms with Gasteiger partial charge in [-0.3, -0.25) is 25.6 Å². The smallest absolute Gasteiger partial charge is 0.413 e.